The lowest BCUT2D eigenvalue weighted by atomic mass is 10.2. The Morgan fingerprint density at radius 3 is 2.38 bits per heavy atom. The molecule has 0 heterocycles. The van der Waals surface area contributed by atoms with Crippen LogP contribution in [-0.4, -0.2) is 15.5 Å². The summed E-state index contributed by atoms with van der Waals surface area (Å²) < 4.78 is 28.0. The van der Waals surface area contributed by atoms with E-state index >= 15 is 0 Å². The number of hydrogen-bond acceptors (Lipinski definition) is 3. The largest absolute Gasteiger partial charge is 0.316 e. The highest BCUT2D eigenvalue weighted by Crippen LogP contribution is 2.23. The summed E-state index contributed by atoms with van der Waals surface area (Å²) in [6.07, 6.45) is 0. The monoisotopic (exact) mass is 368 g/mol. The predicted octanol–water partition coefficient (Wildman–Crippen LogP) is 2.65. The van der Waals surface area contributed by atoms with Crippen molar-refractivity contribution in [2.75, 3.05) is 7.05 Å². The summed E-state index contributed by atoms with van der Waals surface area (Å²) in [7, 11) is -1.73. The maximum absolute atomic E-state index is 12.4. The van der Waals surface area contributed by atoms with Crippen LogP contribution in [0.5, 0.6) is 0 Å². The first kappa shape index (κ1) is 16.2. The van der Waals surface area contributed by atoms with Crippen molar-refractivity contribution in [1.29, 1.82) is 0 Å². The van der Waals surface area contributed by atoms with Crippen molar-refractivity contribution >= 4 is 26.0 Å². The van der Waals surface area contributed by atoms with Crippen molar-refractivity contribution in [3.8, 4) is 0 Å². The van der Waals surface area contributed by atoms with Gasteiger partial charge in [-0.1, -0.05) is 36.4 Å². The van der Waals surface area contributed by atoms with Crippen LogP contribution in [0.3, 0.4) is 0 Å². The average molecular weight is 369 g/mol. The molecule has 2 rings (SSSR count). The minimum Gasteiger partial charge on any atom is -0.316 e. The second kappa shape index (κ2) is 7.17. The van der Waals surface area contributed by atoms with Crippen LogP contribution in [0.2, 0.25) is 0 Å². The van der Waals surface area contributed by atoms with E-state index in [9.17, 15) is 8.42 Å². The Hall–Kier alpha value is -1.21. The molecule has 0 aliphatic rings. The molecule has 0 spiro atoms. The molecule has 2 N–H and O–H groups in total. The van der Waals surface area contributed by atoms with Crippen molar-refractivity contribution in [2.45, 2.75) is 18.0 Å². The molecular formula is C15H17BrN2O2S. The predicted molar refractivity (Wildman–Crippen MR) is 87.4 cm³/mol. The second-order valence-electron chi connectivity index (χ2n) is 4.61. The van der Waals surface area contributed by atoms with Gasteiger partial charge in [-0.05, 0) is 46.2 Å². The Morgan fingerprint density at radius 2 is 1.71 bits per heavy atom. The fraction of sp³-hybridized carbons (Fsp3) is 0.200. The Labute approximate surface area is 133 Å². The molecule has 112 valence electrons. The van der Waals surface area contributed by atoms with Gasteiger partial charge in [-0.15, -0.1) is 0 Å². The van der Waals surface area contributed by atoms with Crippen LogP contribution < -0.4 is 10.0 Å². The summed E-state index contributed by atoms with van der Waals surface area (Å²) in [5.74, 6) is 0. The smallest absolute Gasteiger partial charge is 0.242 e. The van der Waals surface area contributed by atoms with E-state index in [4.69, 9.17) is 0 Å². The molecule has 4 nitrogen and oxygen atoms in total. The summed E-state index contributed by atoms with van der Waals surface area (Å²) >= 11 is 3.30. The van der Waals surface area contributed by atoms with Crippen molar-refractivity contribution < 1.29 is 8.42 Å². The quantitative estimate of drug-likeness (QED) is 0.823. The van der Waals surface area contributed by atoms with Gasteiger partial charge >= 0.3 is 0 Å². The number of rotatable bonds is 6. The van der Waals surface area contributed by atoms with Crippen LogP contribution in [0, 0.1) is 0 Å². The summed E-state index contributed by atoms with van der Waals surface area (Å²) in [6.45, 7) is 0.889. The Kier molecular flexibility index (Phi) is 5.52. The van der Waals surface area contributed by atoms with E-state index in [2.05, 4.69) is 26.0 Å². The first-order chi connectivity index (χ1) is 10.0. The van der Waals surface area contributed by atoms with Crippen LogP contribution in [0.15, 0.2) is 57.9 Å². The van der Waals surface area contributed by atoms with Gasteiger partial charge in [-0.2, -0.15) is 0 Å². The maximum atomic E-state index is 12.4. The standard InChI is InChI=1S/C15H17BrN2O2S/c1-17-10-13-7-8-14(16)15(9-13)21(19,20)18-11-12-5-3-2-4-6-12/h2-9,17-18H,10-11H2,1H3. The molecule has 2 aromatic rings. The molecule has 0 aliphatic carbocycles. The number of hydrogen-bond donors (Lipinski definition) is 2. The Bertz CT molecular complexity index is 703. The topological polar surface area (TPSA) is 58.2 Å². The van der Waals surface area contributed by atoms with Gasteiger partial charge in [0.2, 0.25) is 10.0 Å². The third kappa shape index (κ3) is 4.38. The Balaban J connectivity index is 2.21. The third-order valence-corrected chi connectivity index (χ3v) is 5.37. The van der Waals surface area contributed by atoms with Crippen LogP contribution in [0.25, 0.3) is 0 Å². The molecule has 0 atom stereocenters. The molecule has 0 saturated heterocycles. The van der Waals surface area contributed by atoms with E-state index in [1.807, 2.05) is 43.4 Å². The lowest BCUT2D eigenvalue weighted by Crippen LogP contribution is -2.24. The molecule has 6 heteroatoms. The van der Waals surface area contributed by atoms with Crippen LogP contribution >= 0.6 is 15.9 Å². The molecular weight excluding hydrogens is 352 g/mol. The van der Waals surface area contributed by atoms with Gasteiger partial charge in [-0.25, -0.2) is 13.1 Å². The van der Waals surface area contributed by atoms with Gasteiger partial charge in [0.15, 0.2) is 0 Å². The first-order valence-electron chi connectivity index (χ1n) is 6.49. The van der Waals surface area contributed by atoms with Gasteiger partial charge in [-0.3, -0.25) is 0 Å². The second-order valence-corrected chi connectivity index (χ2v) is 7.19. The fourth-order valence-electron chi connectivity index (χ4n) is 1.92. The molecule has 0 fully saturated rings. The molecule has 0 saturated carbocycles. The van der Waals surface area contributed by atoms with E-state index in [1.165, 1.54) is 0 Å². The maximum Gasteiger partial charge on any atom is 0.242 e. The minimum absolute atomic E-state index is 0.256. The van der Waals surface area contributed by atoms with Gasteiger partial charge in [0.25, 0.3) is 0 Å². The van der Waals surface area contributed by atoms with E-state index < -0.39 is 10.0 Å². The SMILES string of the molecule is CNCc1ccc(Br)c(S(=O)(=O)NCc2ccccc2)c1. The van der Waals surface area contributed by atoms with Crippen molar-refractivity contribution in [1.82, 2.24) is 10.0 Å². The number of nitrogens with one attached hydrogen (secondary N) is 2. The minimum atomic E-state index is -3.55. The molecule has 0 aromatic heterocycles. The molecule has 0 bridgehead atoms. The number of sulfonamides is 1. The summed E-state index contributed by atoms with van der Waals surface area (Å²) in [5.41, 5.74) is 1.84. The van der Waals surface area contributed by atoms with Gasteiger partial charge < -0.3 is 5.32 Å². The lowest BCUT2D eigenvalue weighted by molar-refractivity contribution is 0.580. The van der Waals surface area contributed by atoms with E-state index in [0.717, 1.165) is 11.1 Å². The molecule has 21 heavy (non-hydrogen) atoms. The average Bonchev–Trinajstić information content (AvgIpc) is 2.48. The molecule has 0 amide bonds. The highest BCUT2D eigenvalue weighted by molar-refractivity contribution is 9.10. The van der Waals surface area contributed by atoms with Gasteiger partial charge in [0.1, 0.15) is 0 Å². The van der Waals surface area contributed by atoms with E-state index in [0.29, 0.717) is 11.0 Å². The summed E-state index contributed by atoms with van der Waals surface area (Å²) in [6, 6.07) is 14.7. The first-order valence-corrected chi connectivity index (χ1v) is 8.77. The van der Waals surface area contributed by atoms with Crippen molar-refractivity contribution in [2.24, 2.45) is 0 Å². The van der Waals surface area contributed by atoms with E-state index in [-0.39, 0.29) is 11.4 Å². The van der Waals surface area contributed by atoms with Crippen molar-refractivity contribution in [3.63, 3.8) is 0 Å². The number of benzene rings is 2. The molecule has 0 radical (unpaired) electrons. The van der Waals surface area contributed by atoms with Crippen LogP contribution in [0.4, 0.5) is 0 Å². The van der Waals surface area contributed by atoms with Gasteiger partial charge in [0.05, 0.1) is 4.90 Å². The van der Waals surface area contributed by atoms with Gasteiger partial charge in [0, 0.05) is 17.6 Å². The van der Waals surface area contributed by atoms with Crippen LogP contribution in [-0.2, 0) is 23.1 Å². The lowest BCUT2D eigenvalue weighted by Gasteiger charge is -2.10. The third-order valence-electron chi connectivity index (χ3n) is 2.98. The molecule has 0 unspecified atom stereocenters. The highest BCUT2D eigenvalue weighted by Gasteiger charge is 2.17. The van der Waals surface area contributed by atoms with E-state index in [1.54, 1.807) is 12.1 Å². The molecule has 0 aliphatic heterocycles. The zero-order chi connectivity index (χ0) is 15.3. The highest BCUT2D eigenvalue weighted by atomic mass is 79.9. The van der Waals surface area contributed by atoms with Crippen LogP contribution in [0.1, 0.15) is 11.1 Å². The zero-order valence-corrected chi connectivity index (χ0v) is 14.0. The number of halogens is 1. The fourth-order valence-corrected chi connectivity index (χ4v) is 3.95. The zero-order valence-electron chi connectivity index (χ0n) is 11.6. The summed E-state index contributed by atoms with van der Waals surface area (Å²) in [4.78, 5) is 0.256. The summed E-state index contributed by atoms with van der Waals surface area (Å²) in [5, 5.41) is 3.01. The normalized spacial score (nSPS) is 11.5. The van der Waals surface area contributed by atoms with Crippen molar-refractivity contribution in [3.05, 3.63) is 64.1 Å². The molecule has 2 aromatic carbocycles. The Morgan fingerprint density at radius 1 is 1.00 bits per heavy atom.